The third-order valence-electron chi connectivity index (χ3n) is 2.94. The van der Waals surface area contributed by atoms with Crippen LogP contribution >= 0.6 is 0 Å². The molecule has 0 heterocycles. The maximum atomic E-state index is 9.83. The lowest BCUT2D eigenvalue weighted by Gasteiger charge is -2.24. The zero-order valence-corrected chi connectivity index (χ0v) is 10.2. The number of aliphatic hydroxyl groups excluding tert-OH is 1. The normalized spacial score (nSPS) is 22.1. The van der Waals surface area contributed by atoms with E-state index < -0.39 is 0 Å². The second kappa shape index (κ2) is 4.65. The van der Waals surface area contributed by atoms with Crippen LogP contribution in [0.1, 0.15) is 59.8 Å². The first-order chi connectivity index (χ1) is 6.37. The van der Waals surface area contributed by atoms with Crippen molar-refractivity contribution >= 4 is 0 Å². The van der Waals surface area contributed by atoms with Gasteiger partial charge in [0.25, 0.3) is 0 Å². The Labute approximate surface area is 88.9 Å². The highest BCUT2D eigenvalue weighted by atomic mass is 16.3. The number of hydrogen-bond donors (Lipinski definition) is 1. The molecule has 0 aromatic rings. The molecule has 0 saturated heterocycles. The molecule has 1 aliphatic carbocycles. The Kier molecular flexibility index (Phi) is 4.00. The monoisotopic (exact) mass is 198 g/mol. The van der Waals surface area contributed by atoms with E-state index in [-0.39, 0.29) is 6.10 Å². The SMILES string of the molecule is CC(CC(O)CC1CC1)CC(C)(C)C. The zero-order chi connectivity index (χ0) is 10.8. The fourth-order valence-electron chi connectivity index (χ4n) is 2.43. The van der Waals surface area contributed by atoms with Crippen molar-refractivity contribution in [3.05, 3.63) is 0 Å². The van der Waals surface area contributed by atoms with Gasteiger partial charge in [0, 0.05) is 0 Å². The summed E-state index contributed by atoms with van der Waals surface area (Å²) in [6, 6.07) is 0. The molecule has 0 bridgehead atoms. The van der Waals surface area contributed by atoms with Gasteiger partial charge in [-0.2, -0.15) is 0 Å². The molecule has 1 rings (SSSR count). The summed E-state index contributed by atoms with van der Waals surface area (Å²) in [5, 5.41) is 9.83. The standard InChI is InChI=1S/C13H26O/c1-10(9-13(2,3)4)7-12(14)8-11-5-6-11/h10-12,14H,5-9H2,1-4H3. The summed E-state index contributed by atoms with van der Waals surface area (Å²) in [7, 11) is 0. The predicted molar refractivity (Wildman–Crippen MR) is 61.2 cm³/mol. The first kappa shape index (κ1) is 12.0. The molecule has 1 heteroatoms. The van der Waals surface area contributed by atoms with Crippen LogP contribution in [0.2, 0.25) is 0 Å². The van der Waals surface area contributed by atoms with Gasteiger partial charge in [-0.25, -0.2) is 0 Å². The Morgan fingerprint density at radius 3 is 2.29 bits per heavy atom. The van der Waals surface area contributed by atoms with Gasteiger partial charge < -0.3 is 5.11 Å². The van der Waals surface area contributed by atoms with Crippen LogP contribution in [-0.2, 0) is 0 Å². The molecule has 0 radical (unpaired) electrons. The summed E-state index contributed by atoms with van der Waals surface area (Å²) < 4.78 is 0. The van der Waals surface area contributed by atoms with Crippen LogP contribution in [0.3, 0.4) is 0 Å². The van der Waals surface area contributed by atoms with Gasteiger partial charge in [-0.15, -0.1) is 0 Å². The van der Waals surface area contributed by atoms with E-state index in [1.165, 1.54) is 19.3 Å². The lowest BCUT2D eigenvalue weighted by Crippen LogP contribution is -2.17. The van der Waals surface area contributed by atoms with Crippen molar-refractivity contribution < 1.29 is 5.11 Å². The van der Waals surface area contributed by atoms with E-state index in [2.05, 4.69) is 27.7 Å². The van der Waals surface area contributed by atoms with Crippen molar-refractivity contribution in [1.82, 2.24) is 0 Å². The minimum absolute atomic E-state index is 0.0418. The van der Waals surface area contributed by atoms with E-state index in [9.17, 15) is 5.11 Å². The van der Waals surface area contributed by atoms with Gasteiger partial charge in [-0.1, -0.05) is 40.5 Å². The van der Waals surface area contributed by atoms with Crippen molar-refractivity contribution in [1.29, 1.82) is 0 Å². The van der Waals surface area contributed by atoms with Crippen molar-refractivity contribution in [2.24, 2.45) is 17.3 Å². The summed E-state index contributed by atoms with van der Waals surface area (Å²) in [5.41, 5.74) is 0.402. The zero-order valence-electron chi connectivity index (χ0n) is 10.2. The lowest BCUT2D eigenvalue weighted by molar-refractivity contribution is 0.119. The van der Waals surface area contributed by atoms with E-state index in [0.29, 0.717) is 11.3 Å². The van der Waals surface area contributed by atoms with E-state index >= 15 is 0 Å². The van der Waals surface area contributed by atoms with Gasteiger partial charge in [0.05, 0.1) is 6.10 Å². The molecule has 0 aliphatic heterocycles. The Balaban J connectivity index is 2.14. The second-order valence-electron chi connectivity index (χ2n) is 6.44. The maximum Gasteiger partial charge on any atom is 0.0545 e. The summed E-state index contributed by atoms with van der Waals surface area (Å²) in [6.07, 6.45) is 5.92. The highest BCUT2D eigenvalue weighted by Gasteiger charge is 2.26. The minimum Gasteiger partial charge on any atom is -0.393 e. The van der Waals surface area contributed by atoms with Crippen LogP contribution in [0.25, 0.3) is 0 Å². The molecule has 1 N–H and O–H groups in total. The molecule has 1 aliphatic rings. The predicted octanol–water partition coefficient (Wildman–Crippen LogP) is 3.61. The van der Waals surface area contributed by atoms with Gasteiger partial charge in [-0.05, 0) is 36.5 Å². The lowest BCUT2D eigenvalue weighted by atomic mass is 9.83. The Bertz CT molecular complexity index is 165. The fraction of sp³-hybridized carbons (Fsp3) is 1.00. The molecule has 0 spiro atoms. The van der Waals surface area contributed by atoms with E-state index in [0.717, 1.165) is 18.8 Å². The van der Waals surface area contributed by atoms with Crippen molar-refractivity contribution in [2.75, 3.05) is 0 Å². The third-order valence-corrected chi connectivity index (χ3v) is 2.94. The summed E-state index contributed by atoms with van der Waals surface area (Å²) in [6.45, 7) is 9.09. The van der Waals surface area contributed by atoms with Crippen LogP contribution in [0.15, 0.2) is 0 Å². The molecular formula is C13H26O. The molecule has 14 heavy (non-hydrogen) atoms. The number of hydrogen-bond acceptors (Lipinski definition) is 1. The fourth-order valence-corrected chi connectivity index (χ4v) is 2.43. The van der Waals surface area contributed by atoms with Crippen molar-refractivity contribution in [3.63, 3.8) is 0 Å². The van der Waals surface area contributed by atoms with Gasteiger partial charge in [0.1, 0.15) is 0 Å². The van der Waals surface area contributed by atoms with Crippen molar-refractivity contribution in [3.8, 4) is 0 Å². The molecular weight excluding hydrogens is 172 g/mol. The van der Waals surface area contributed by atoms with E-state index in [1.54, 1.807) is 0 Å². The molecule has 1 fully saturated rings. The third kappa shape index (κ3) is 5.64. The van der Waals surface area contributed by atoms with Crippen LogP contribution in [0.4, 0.5) is 0 Å². The quantitative estimate of drug-likeness (QED) is 0.715. The van der Waals surface area contributed by atoms with E-state index in [1.807, 2.05) is 0 Å². The minimum atomic E-state index is -0.0418. The van der Waals surface area contributed by atoms with Crippen LogP contribution < -0.4 is 0 Å². The van der Waals surface area contributed by atoms with Gasteiger partial charge >= 0.3 is 0 Å². The van der Waals surface area contributed by atoms with E-state index in [4.69, 9.17) is 0 Å². The molecule has 1 nitrogen and oxygen atoms in total. The molecule has 84 valence electrons. The maximum absolute atomic E-state index is 9.83. The number of rotatable bonds is 5. The highest BCUT2D eigenvalue weighted by Crippen LogP contribution is 2.35. The smallest absolute Gasteiger partial charge is 0.0545 e. The Morgan fingerprint density at radius 1 is 1.29 bits per heavy atom. The summed E-state index contributed by atoms with van der Waals surface area (Å²) in [4.78, 5) is 0. The van der Waals surface area contributed by atoms with Gasteiger partial charge in [0.15, 0.2) is 0 Å². The Morgan fingerprint density at radius 2 is 1.86 bits per heavy atom. The van der Waals surface area contributed by atoms with Crippen molar-refractivity contribution in [2.45, 2.75) is 65.9 Å². The van der Waals surface area contributed by atoms with Gasteiger partial charge in [-0.3, -0.25) is 0 Å². The molecule has 0 aromatic heterocycles. The molecule has 2 atom stereocenters. The second-order valence-corrected chi connectivity index (χ2v) is 6.44. The molecule has 0 amide bonds. The molecule has 0 aromatic carbocycles. The summed E-state index contributed by atoms with van der Waals surface area (Å²) in [5.74, 6) is 1.51. The average Bonchev–Trinajstić information content (AvgIpc) is 2.64. The van der Waals surface area contributed by atoms with Crippen LogP contribution in [0, 0.1) is 17.3 Å². The highest BCUT2D eigenvalue weighted by molar-refractivity contribution is 4.78. The van der Waals surface area contributed by atoms with Gasteiger partial charge in [0.2, 0.25) is 0 Å². The first-order valence-corrected chi connectivity index (χ1v) is 6.05. The first-order valence-electron chi connectivity index (χ1n) is 6.05. The summed E-state index contributed by atoms with van der Waals surface area (Å²) >= 11 is 0. The Hall–Kier alpha value is -0.0400. The van der Waals surface area contributed by atoms with Crippen LogP contribution in [-0.4, -0.2) is 11.2 Å². The topological polar surface area (TPSA) is 20.2 Å². The van der Waals surface area contributed by atoms with Crippen LogP contribution in [0.5, 0.6) is 0 Å². The average molecular weight is 198 g/mol. The number of aliphatic hydroxyl groups is 1. The largest absolute Gasteiger partial charge is 0.393 e. The molecule has 2 unspecified atom stereocenters. The molecule has 1 saturated carbocycles.